The molecule has 7 heteroatoms. The first-order chi connectivity index (χ1) is 8.50. The number of carbonyl (C=O) groups is 3. The van der Waals surface area contributed by atoms with Crippen LogP contribution >= 0.6 is 0 Å². The Morgan fingerprint density at radius 3 is 2.78 bits per heavy atom. The van der Waals surface area contributed by atoms with Gasteiger partial charge in [0, 0.05) is 26.4 Å². The van der Waals surface area contributed by atoms with Crippen LogP contribution in [-0.2, 0) is 19.1 Å². The van der Waals surface area contributed by atoms with E-state index in [4.69, 9.17) is 9.84 Å². The second-order valence-corrected chi connectivity index (χ2v) is 4.15. The van der Waals surface area contributed by atoms with Gasteiger partial charge in [-0.25, -0.2) is 0 Å². The summed E-state index contributed by atoms with van der Waals surface area (Å²) in [7, 11) is 0. The summed E-state index contributed by atoms with van der Waals surface area (Å²) in [6, 6.07) is -0.416. The van der Waals surface area contributed by atoms with Crippen molar-refractivity contribution in [2.24, 2.45) is 0 Å². The summed E-state index contributed by atoms with van der Waals surface area (Å²) in [5.74, 6) is -1.30. The summed E-state index contributed by atoms with van der Waals surface area (Å²) in [6.45, 7) is 2.72. The Morgan fingerprint density at radius 2 is 2.17 bits per heavy atom. The maximum Gasteiger partial charge on any atom is 0.305 e. The van der Waals surface area contributed by atoms with Gasteiger partial charge in [0.2, 0.25) is 11.8 Å². The molecule has 1 aliphatic rings. The number of hydrogen-bond donors (Lipinski definition) is 2. The number of carbonyl (C=O) groups excluding carboxylic acids is 2. The van der Waals surface area contributed by atoms with Crippen LogP contribution in [0.4, 0.5) is 0 Å². The van der Waals surface area contributed by atoms with Crippen LogP contribution in [0.2, 0.25) is 0 Å². The van der Waals surface area contributed by atoms with E-state index in [9.17, 15) is 14.4 Å². The Hall–Kier alpha value is -1.63. The predicted molar refractivity (Wildman–Crippen MR) is 61.9 cm³/mol. The molecule has 1 fully saturated rings. The second kappa shape index (κ2) is 6.95. The topological polar surface area (TPSA) is 95.9 Å². The van der Waals surface area contributed by atoms with Crippen LogP contribution in [0, 0.1) is 0 Å². The van der Waals surface area contributed by atoms with Gasteiger partial charge >= 0.3 is 5.97 Å². The fourth-order valence-electron chi connectivity index (χ4n) is 1.84. The van der Waals surface area contributed by atoms with Gasteiger partial charge in [0.15, 0.2) is 0 Å². The van der Waals surface area contributed by atoms with E-state index in [0.717, 1.165) is 0 Å². The molecule has 0 saturated carbocycles. The Kier molecular flexibility index (Phi) is 5.57. The van der Waals surface area contributed by atoms with Crippen molar-refractivity contribution >= 4 is 17.8 Å². The van der Waals surface area contributed by atoms with Gasteiger partial charge in [0.25, 0.3) is 0 Å². The van der Waals surface area contributed by atoms with Crippen LogP contribution in [0.15, 0.2) is 0 Å². The SMILES string of the molecule is CC(=O)NCCC(=O)N1CCOCC1CC(=O)O. The number of morpholine rings is 1. The van der Waals surface area contributed by atoms with Crippen LogP contribution in [-0.4, -0.2) is 60.1 Å². The smallest absolute Gasteiger partial charge is 0.305 e. The average molecular weight is 258 g/mol. The fraction of sp³-hybridized carbons (Fsp3) is 0.727. The van der Waals surface area contributed by atoms with Gasteiger partial charge in [-0.15, -0.1) is 0 Å². The Balaban J connectivity index is 2.46. The lowest BCUT2D eigenvalue weighted by molar-refractivity contribution is -0.146. The molecule has 1 saturated heterocycles. The number of nitrogens with zero attached hydrogens (tertiary/aromatic N) is 1. The molecule has 1 heterocycles. The molecule has 1 rings (SSSR count). The number of rotatable bonds is 5. The minimum absolute atomic E-state index is 0.119. The maximum atomic E-state index is 11.9. The van der Waals surface area contributed by atoms with Gasteiger partial charge in [-0.1, -0.05) is 0 Å². The van der Waals surface area contributed by atoms with Gasteiger partial charge < -0.3 is 20.1 Å². The van der Waals surface area contributed by atoms with Crippen LogP contribution < -0.4 is 5.32 Å². The first-order valence-electron chi connectivity index (χ1n) is 5.84. The zero-order valence-electron chi connectivity index (χ0n) is 10.3. The highest BCUT2D eigenvalue weighted by molar-refractivity contribution is 5.79. The third-order valence-corrected chi connectivity index (χ3v) is 2.67. The van der Waals surface area contributed by atoms with E-state index >= 15 is 0 Å². The van der Waals surface area contributed by atoms with E-state index in [-0.39, 0.29) is 37.8 Å². The van der Waals surface area contributed by atoms with Crippen molar-refractivity contribution in [3.8, 4) is 0 Å². The molecule has 1 atom stereocenters. The van der Waals surface area contributed by atoms with Crippen LogP contribution in [0.1, 0.15) is 19.8 Å². The predicted octanol–water partition coefficient (Wildman–Crippen LogP) is -0.785. The first-order valence-corrected chi connectivity index (χ1v) is 5.84. The number of amides is 2. The number of ether oxygens (including phenoxy) is 1. The lowest BCUT2D eigenvalue weighted by Crippen LogP contribution is -2.50. The van der Waals surface area contributed by atoms with Crippen molar-refractivity contribution in [1.82, 2.24) is 10.2 Å². The molecule has 0 radical (unpaired) electrons. The lowest BCUT2D eigenvalue weighted by atomic mass is 10.1. The molecule has 1 unspecified atom stereocenters. The molecule has 2 amide bonds. The van der Waals surface area contributed by atoms with Crippen molar-refractivity contribution in [3.05, 3.63) is 0 Å². The van der Waals surface area contributed by atoms with Crippen LogP contribution in [0.25, 0.3) is 0 Å². The zero-order valence-corrected chi connectivity index (χ0v) is 10.3. The van der Waals surface area contributed by atoms with Crippen molar-refractivity contribution in [1.29, 1.82) is 0 Å². The standard InChI is InChI=1S/C11H18N2O5/c1-8(14)12-3-2-10(15)13-4-5-18-7-9(13)6-11(16)17/h9H,2-7H2,1H3,(H,12,14)(H,16,17). The number of carboxylic acids is 1. The normalized spacial score (nSPS) is 19.4. The largest absolute Gasteiger partial charge is 0.481 e. The van der Waals surface area contributed by atoms with Crippen LogP contribution in [0.5, 0.6) is 0 Å². The van der Waals surface area contributed by atoms with Gasteiger partial charge in [0.1, 0.15) is 0 Å². The molecule has 0 aromatic carbocycles. The maximum absolute atomic E-state index is 11.9. The quantitative estimate of drug-likeness (QED) is 0.674. The molecule has 0 aliphatic carbocycles. The van der Waals surface area contributed by atoms with E-state index in [1.807, 2.05) is 0 Å². The summed E-state index contributed by atoms with van der Waals surface area (Å²) in [6.07, 6.45) is 0.0571. The molecular weight excluding hydrogens is 240 g/mol. The molecule has 0 aromatic heterocycles. The number of aliphatic carboxylic acids is 1. The van der Waals surface area contributed by atoms with E-state index in [2.05, 4.69) is 5.32 Å². The van der Waals surface area contributed by atoms with Gasteiger partial charge in [-0.05, 0) is 0 Å². The molecule has 102 valence electrons. The van der Waals surface area contributed by atoms with Crippen molar-refractivity contribution in [2.75, 3.05) is 26.3 Å². The third kappa shape index (κ3) is 4.70. The van der Waals surface area contributed by atoms with Crippen molar-refractivity contribution in [3.63, 3.8) is 0 Å². The fourth-order valence-corrected chi connectivity index (χ4v) is 1.84. The third-order valence-electron chi connectivity index (χ3n) is 2.67. The highest BCUT2D eigenvalue weighted by Gasteiger charge is 2.28. The van der Waals surface area contributed by atoms with E-state index in [1.165, 1.54) is 11.8 Å². The van der Waals surface area contributed by atoms with Gasteiger partial charge in [0.05, 0.1) is 25.7 Å². The van der Waals surface area contributed by atoms with E-state index in [1.54, 1.807) is 0 Å². The summed E-state index contributed by atoms with van der Waals surface area (Å²) in [5, 5.41) is 11.3. The van der Waals surface area contributed by atoms with Gasteiger partial charge in [-0.2, -0.15) is 0 Å². The molecule has 18 heavy (non-hydrogen) atoms. The molecular formula is C11H18N2O5. The Labute approximate surface area is 105 Å². The first kappa shape index (κ1) is 14.4. The monoisotopic (exact) mass is 258 g/mol. The van der Waals surface area contributed by atoms with Crippen LogP contribution in [0.3, 0.4) is 0 Å². The van der Waals surface area contributed by atoms with E-state index in [0.29, 0.717) is 13.2 Å². The molecule has 1 aliphatic heterocycles. The number of carboxylic acid groups (broad SMARTS) is 1. The Bertz CT molecular complexity index is 331. The minimum atomic E-state index is -0.954. The second-order valence-electron chi connectivity index (χ2n) is 4.15. The molecule has 0 aromatic rings. The summed E-state index contributed by atoms with van der Waals surface area (Å²) in [4.78, 5) is 34.8. The minimum Gasteiger partial charge on any atom is -0.481 e. The lowest BCUT2D eigenvalue weighted by Gasteiger charge is -2.34. The summed E-state index contributed by atoms with van der Waals surface area (Å²) >= 11 is 0. The van der Waals surface area contributed by atoms with Gasteiger partial charge in [-0.3, -0.25) is 14.4 Å². The van der Waals surface area contributed by atoms with Crippen molar-refractivity contribution < 1.29 is 24.2 Å². The number of nitrogens with one attached hydrogen (secondary N) is 1. The molecule has 7 nitrogen and oxygen atoms in total. The highest BCUT2D eigenvalue weighted by atomic mass is 16.5. The Morgan fingerprint density at radius 1 is 1.44 bits per heavy atom. The molecule has 2 N–H and O–H groups in total. The molecule has 0 bridgehead atoms. The summed E-state index contributed by atoms with van der Waals surface area (Å²) < 4.78 is 5.18. The molecule has 0 spiro atoms. The number of hydrogen-bond acceptors (Lipinski definition) is 4. The highest BCUT2D eigenvalue weighted by Crippen LogP contribution is 2.12. The van der Waals surface area contributed by atoms with E-state index < -0.39 is 12.0 Å². The summed E-state index contributed by atoms with van der Waals surface area (Å²) in [5.41, 5.74) is 0. The average Bonchev–Trinajstić information content (AvgIpc) is 2.28. The zero-order chi connectivity index (χ0) is 13.5. The van der Waals surface area contributed by atoms with Crippen molar-refractivity contribution in [2.45, 2.75) is 25.8 Å².